The van der Waals surface area contributed by atoms with Crippen molar-refractivity contribution in [1.29, 1.82) is 0 Å². The number of halogens is 1. The molecule has 0 aliphatic rings. The van der Waals surface area contributed by atoms with Gasteiger partial charge < -0.3 is 15.0 Å². The number of anilines is 1. The third-order valence-corrected chi connectivity index (χ3v) is 7.23. The van der Waals surface area contributed by atoms with E-state index in [1.165, 1.54) is 0 Å². The van der Waals surface area contributed by atoms with Crippen molar-refractivity contribution in [3.05, 3.63) is 113 Å². The van der Waals surface area contributed by atoms with Gasteiger partial charge in [-0.15, -0.1) is 0 Å². The Kier molecular flexibility index (Phi) is 8.28. The highest BCUT2D eigenvalue weighted by molar-refractivity contribution is 6.30. The van der Waals surface area contributed by atoms with Crippen LogP contribution in [0.2, 0.25) is 5.02 Å². The minimum atomic E-state index is 0.0327. The SMILES string of the molecule is COc1cc(NC(C)CCCN(Cc2ccc(Cl)cc2)C(=O)c2cccc3ccccc23)c2ncccc2c1. The van der Waals surface area contributed by atoms with Crippen molar-refractivity contribution >= 4 is 44.9 Å². The van der Waals surface area contributed by atoms with Crippen LogP contribution in [0.3, 0.4) is 0 Å². The third kappa shape index (κ3) is 6.32. The molecule has 1 unspecified atom stereocenters. The van der Waals surface area contributed by atoms with Crippen molar-refractivity contribution in [3.8, 4) is 5.75 Å². The zero-order valence-corrected chi connectivity index (χ0v) is 23.0. The molecule has 1 amide bonds. The van der Waals surface area contributed by atoms with Gasteiger partial charge in [0.1, 0.15) is 5.75 Å². The third-order valence-electron chi connectivity index (χ3n) is 6.98. The smallest absolute Gasteiger partial charge is 0.254 e. The Morgan fingerprint density at radius 1 is 0.974 bits per heavy atom. The highest BCUT2D eigenvalue weighted by Gasteiger charge is 2.19. The second-order valence-corrected chi connectivity index (χ2v) is 10.3. The quantitative estimate of drug-likeness (QED) is 0.196. The van der Waals surface area contributed by atoms with Crippen molar-refractivity contribution < 1.29 is 9.53 Å². The molecule has 0 aliphatic carbocycles. The number of fused-ring (bicyclic) bond motifs is 2. The molecule has 5 aromatic rings. The summed E-state index contributed by atoms with van der Waals surface area (Å²) in [5.74, 6) is 0.824. The molecule has 4 aromatic carbocycles. The summed E-state index contributed by atoms with van der Waals surface area (Å²) in [6.45, 7) is 3.31. The molecule has 0 radical (unpaired) electrons. The minimum absolute atomic E-state index is 0.0327. The normalized spacial score (nSPS) is 11.9. The highest BCUT2D eigenvalue weighted by Crippen LogP contribution is 2.29. The van der Waals surface area contributed by atoms with Gasteiger partial charge in [-0.2, -0.15) is 0 Å². The number of pyridine rings is 1. The number of rotatable bonds is 10. The first-order valence-corrected chi connectivity index (χ1v) is 13.6. The second kappa shape index (κ2) is 12.2. The summed E-state index contributed by atoms with van der Waals surface area (Å²) in [4.78, 5) is 20.4. The minimum Gasteiger partial charge on any atom is -0.497 e. The van der Waals surface area contributed by atoms with Gasteiger partial charge >= 0.3 is 0 Å². The summed E-state index contributed by atoms with van der Waals surface area (Å²) in [6, 6.07) is 29.8. The van der Waals surface area contributed by atoms with Gasteiger partial charge in [0.2, 0.25) is 0 Å². The van der Waals surface area contributed by atoms with E-state index >= 15 is 0 Å². The van der Waals surface area contributed by atoms with E-state index in [1.807, 2.05) is 95.9 Å². The number of nitrogens with zero attached hydrogens (tertiary/aromatic N) is 2. The topological polar surface area (TPSA) is 54.5 Å². The van der Waals surface area contributed by atoms with Crippen LogP contribution < -0.4 is 10.1 Å². The fraction of sp³-hybridized carbons (Fsp3) is 0.212. The molecule has 0 bridgehead atoms. The van der Waals surface area contributed by atoms with Crippen molar-refractivity contribution in [2.45, 2.75) is 32.4 Å². The van der Waals surface area contributed by atoms with E-state index in [1.54, 1.807) is 13.3 Å². The number of hydrogen-bond donors (Lipinski definition) is 1. The van der Waals surface area contributed by atoms with E-state index in [0.717, 1.165) is 57.1 Å². The lowest BCUT2D eigenvalue weighted by molar-refractivity contribution is 0.0741. The average Bonchev–Trinajstić information content (AvgIpc) is 2.97. The number of hydrogen-bond acceptors (Lipinski definition) is 4. The molecule has 5 nitrogen and oxygen atoms in total. The summed E-state index contributed by atoms with van der Waals surface area (Å²) in [5.41, 5.74) is 3.64. The second-order valence-electron chi connectivity index (χ2n) is 9.82. The Balaban J connectivity index is 1.32. The van der Waals surface area contributed by atoms with Crippen molar-refractivity contribution in [2.75, 3.05) is 19.0 Å². The average molecular weight is 538 g/mol. The zero-order chi connectivity index (χ0) is 27.2. The monoisotopic (exact) mass is 537 g/mol. The number of methoxy groups -OCH3 is 1. The van der Waals surface area contributed by atoms with Crippen molar-refractivity contribution in [3.63, 3.8) is 0 Å². The molecule has 39 heavy (non-hydrogen) atoms. The summed E-state index contributed by atoms with van der Waals surface area (Å²) in [6.07, 6.45) is 3.53. The molecule has 0 saturated carbocycles. The lowest BCUT2D eigenvalue weighted by Gasteiger charge is -2.25. The standard InChI is InChI=1S/C33H32ClN3O2/c1-23(36-31-21-28(39-2)20-26-11-6-18-35-32(26)31)8-7-19-37(22-24-14-16-27(34)17-15-24)33(38)30-13-5-10-25-9-3-4-12-29(25)30/h3-6,9-18,20-21,23,36H,7-8,19,22H2,1-2H3. The van der Waals surface area contributed by atoms with Gasteiger partial charge in [-0.1, -0.05) is 66.2 Å². The van der Waals surface area contributed by atoms with E-state index in [4.69, 9.17) is 16.3 Å². The van der Waals surface area contributed by atoms with E-state index in [9.17, 15) is 4.79 Å². The maximum absolute atomic E-state index is 13.9. The Bertz CT molecular complexity index is 1580. The van der Waals surface area contributed by atoms with Crippen LogP contribution in [-0.2, 0) is 6.54 Å². The zero-order valence-electron chi connectivity index (χ0n) is 22.2. The van der Waals surface area contributed by atoms with Crippen LogP contribution in [0.1, 0.15) is 35.7 Å². The Hall–Kier alpha value is -4.09. The Morgan fingerprint density at radius 3 is 2.56 bits per heavy atom. The number of aromatic nitrogens is 1. The molecule has 198 valence electrons. The van der Waals surface area contributed by atoms with Gasteiger partial charge in [0.05, 0.1) is 18.3 Å². The molecule has 1 heterocycles. The Labute approximate surface area is 234 Å². The number of nitrogens with one attached hydrogen (secondary N) is 1. The van der Waals surface area contributed by atoms with Gasteiger partial charge in [-0.3, -0.25) is 9.78 Å². The summed E-state index contributed by atoms with van der Waals surface area (Å²) < 4.78 is 5.50. The first kappa shape index (κ1) is 26.5. The Morgan fingerprint density at radius 2 is 1.74 bits per heavy atom. The number of carbonyl (C=O) groups is 1. The molecule has 0 spiro atoms. The van der Waals surface area contributed by atoms with Crippen molar-refractivity contribution in [2.24, 2.45) is 0 Å². The van der Waals surface area contributed by atoms with Crippen LogP contribution in [0.5, 0.6) is 5.75 Å². The number of amides is 1. The summed E-state index contributed by atoms with van der Waals surface area (Å²) >= 11 is 6.11. The van der Waals surface area contributed by atoms with E-state index < -0.39 is 0 Å². The molecule has 1 atom stereocenters. The van der Waals surface area contributed by atoms with E-state index in [0.29, 0.717) is 18.1 Å². The van der Waals surface area contributed by atoms with E-state index in [2.05, 4.69) is 17.2 Å². The van der Waals surface area contributed by atoms with Gasteiger partial charge in [0.25, 0.3) is 5.91 Å². The maximum atomic E-state index is 13.9. The van der Waals surface area contributed by atoms with E-state index in [-0.39, 0.29) is 11.9 Å². The molecule has 0 aliphatic heterocycles. The van der Waals surface area contributed by atoms with Crippen LogP contribution in [0, 0.1) is 0 Å². The molecule has 1 N–H and O–H groups in total. The molecule has 6 heteroatoms. The predicted molar refractivity (Wildman–Crippen MR) is 161 cm³/mol. The molecular formula is C33H32ClN3O2. The van der Waals surface area contributed by atoms with Crippen LogP contribution in [0.15, 0.2) is 97.2 Å². The van der Waals surface area contributed by atoms with Crippen molar-refractivity contribution in [1.82, 2.24) is 9.88 Å². The molecule has 5 rings (SSSR count). The number of carbonyl (C=O) groups excluding carboxylic acids is 1. The van der Waals surface area contributed by atoms with Crippen LogP contribution in [-0.4, -0.2) is 35.5 Å². The first-order chi connectivity index (χ1) is 19.0. The number of benzene rings is 4. The molecule has 0 fully saturated rings. The van der Waals surface area contributed by atoms with Crippen LogP contribution in [0.4, 0.5) is 5.69 Å². The summed E-state index contributed by atoms with van der Waals surface area (Å²) in [5, 5.41) is 7.36. The van der Waals surface area contributed by atoms with Crippen LogP contribution >= 0.6 is 11.6 Å². The maximum Gasteiger partial charge on any atom is 0.254 e. The predicted octanol–water partition coefficient (Wildman–Crippen LogP) is 7.97. The number of ether oxygens (including phenoxy) is 1. The molecular weight excluding hydrogens is 506 g/mol. The van der Waals surface area contributed by atoms with Gasteiger partial charge in [0, 0.05) is 47.4 Å². The fourth-order valence-electron chi connectivity index (χ4n) is 4.96. The van der Waals surface area contributed by atoms with Gasteiger partial charge in [-0.05, 0) is 66.4 Å². The summed E-state index contributed by atoms with van der Waals surface area (Å²) in [7, 11) is 1.67. The van der Waals surface area contributed by atoms with Gasteiger partial charge in [0.15, 0.2) is 0 Å². The van der Waals surface area contributed by atoms with Crippen LogP contribution in [0.25, 0.3) is 21.7 Å². The highest BCUT2D eigenvalue weighted by atomic mass is 35.5. The fourth-order valence-corrected chi connectivity index (χ4v) is 5.09. The lowest BCUT2D eigenvalue weighted by atomic mass is 10.0. The lowest BCUT2D eigenvalue weighted by Crippen LogP contribution is -2.32. The first-order valence-electron chi connectivity index (χ1n) is 13.2. The molecule has 0 saturated heterocycles. The molecule has 1 aromatic heterocycles. The largest absolute Gasteiger partial charge is 0.497 e. The van der Waals surface area contributed by atoms with Gasteiger partial charge in [-0.25, -0.2) is 0 Å².